The Balaban J connectivity index is 1.45. The Morgan fingerprint density at radius 1 is 1.17 bits per heavy atom. The molecule has 0 aliphatic carbocycles. The van der Waals surface area contributed by atoms with E-state index in [-0.39, 0.29) is 12.5 Å². The number of methoxy groups -OCH3 is 1. The van der Waals surface area contributed by atoms with E-state index >= 15 is 0 Å². The number of hydrogen-bond acceptors (Lipinski definition) is 7. The van der Waals surface area contributed by atoms with E-state index < -0.39 is 6.17 Å². The minimum Gasteiger partial charge on any atom is -0.496 e. The molecule has 2 aliphatic heterocycles. The van der Waals surface area contributed by atoms with Crippen LogP contribution in [0.15, 0.2) is 58.0 Å². The second-order valence-corrected chi connectivity index (χ2v) is 10.9. The number of nitriles is 1. The van der Waals surface area contributed by atoms with Gasteiger partial charge in [0.05, 0.1) is 23.9 Å². The number of amides is 1. The number of halogens is 1. The third-order valence-corrected chi connectivity index (χ3v) is 8.21. The van der Waals surface area contributed by atoms with Crippen molar-refractivity contribution >= 4 is 29.6 Å². The van der Waals surface area contributed by atoms with E-state index in [0.717, 1.165) is 29.8 Å². The Bertz CT molecular complexity index is 1570. The number of rotatable bonds is 8. The van der Waals surface area contributed by atoms with Gasteiger partial charge in [-0.15, -0.1) is 0 Å². The number of furan rings is 1. The summed E-state index contributed by atoms with van der Waals surface area (Å²) in [6.45, 7) is 7.91. The van der Waals surface area contributed by atoms with Crippen LogP contribution in [0.2, 0.25) is 0 Å². The molecule has 218 valence electrons. The fraction of sp³-hybridized carbons (Fsp3) is 0.364. The summed E-state index contributed by atoms with van der Waals surface area (Å²) in [6, 6.07) is 15.3. The first-order chi connectivity index (χ1) is 20.3. The van der Waals surface area contributed by atoms with E-state index in [9.17, 15) is 14.4 Å². The molecule has 0 bridgehead atoms. The van der Waals surface area contributed by atoms with Gasteiger partial charge in [-0.05, 0) is 76.5 Å². The predicted octanol–water partition coefficient (Wildman–Crippen LogP) is 5.93. The molecule has 2 fully saturated rings. The number of aliphatic imine (C=N–C) groups is 1. The zero-order valence-electron chi connectivity index (χ0n) is 24.6. The van der Waals surface area contributed by atoms with Crippen molar-refractivity contribution < 1.29 is 18.3 Å². The molecule has 0 radical (unpaired) electrons. The van der Waals surface area contributed by atoms with Crippen LogP contribution < -0.4 is 9.64 Å². The molecule has 2 atom stereocenters. The Morgan fingerprint density at radius 3 is 2.57 bits per heavy atom. The summed E-state index contributed by atoms with van der Waals surface area (Å²) in [6.07, 6.45) is 2.42. The van der Waals surface area contributed by atoms with Crippen LogP contribution in [0, 0.1) is 11.3 Å². The van der Waals surface area contributed by atoms with E-state index in [1.54, 1.807) is 31.4 Å². The van der Waals surface area contributed by atoms with Gasteiger partial charge in [0.2, 0.25) is 0 Å². The van der Waals surface area contributed by atoms with Gasteiger partial charge < -0.3 is 23.9 Å². The third-order valence-electron chi connectivity index (χ3n) is 8.21. The highest BCUT2D eigenvalue weighted by atomic mass is 19.1. The largest absolute Gasteiger partial charge is 0.496 e. The summed E-state index contributed by atoms with van der Waals surface area (Å²) < 4.78 is 25.9. The highest BCUT2D eigenvalue weighted by Gasteiger charge is 2.29. The van der Waals surface area contributed by atoms with E-state index in [1.807, 2.05) is 55.1 Å². The quantitative estimate of drug-likeness (QED) is 0.313. The van der Waals surface area contributed by atoms with Gasteiger partial charge in [-0.3, -0.25) is 9.79 Å². The topological polar surface area (TPSA) is 85.3 Å². The maximum absolute atomic E-state index is 13.8. The number of anilines is 1. The second-order valence-electron chi connectivity index (χ2n) is 10.9. The number of hydrogen-bond donors (Lipinski definition) is 0. The van der Waals surface area contributed by atoms with Crippen molar-refractivity contribution in [1.82, 2.24) is 9.80 Å². The van der Waals surface area contributed by atoms with Crippen LogP contribution in [0.1, 0.15) is 47.0 Å². The molecule has 3 aromatic rings. The van der Waals surface area contributed by atoms with Crippen LogP contribution in [-0.4, -0.2) is 82.0 Å². The molecule has 0 unspecified atom stereocenters. The number of allylic oxidation sites excluding steroid dienone is 1. The maximum Gasteiger partial charge on any atom is 0.254 e. The van der Waals surface area contributed by atoms with Crippen LogP contribution in [-0.2, 0) is 0 Å². The predicted molar refractivity (Wildman–Crippen MR) is 164 cm³/mol. The summed E-state index contributed by atoms with van der Waals surface area (Å²) in [7, 11) is 5.64. The SMILES string of the molecule is C=Nc1cc(-c2ccc(C(=O)N3CC[C@H](N(C)C)C3)cc2OC)oc1/C(=C\C)c1ccc(N2CC[C@H](F)C2)c(C#N)c1. The molecule has 9 heteroatoms. The molecule has 5 rings (SSSR count). The third kappa shape index (κ3) is 5.55. The van der Waals surface area contributed by atoms with E-state index in [0.29, 0.717) is 65.2 Å². The van der Waals surface area contributed by atoms with Gasteiger partial charge in [0, 0.05) is 49.4 Å². The molecule has 2 saturated heterocycles. The van der Waals surface area contributed by atoms with Crippen molar-refractivity contribution in [2.45, 2.75) is 32.0 Å². The van der Waals surface area contributed by atoms with Gasteiger partial charge in [-0.2, -0.15) is 5.26 Å². The Kier molecular flexibility index (Phi) is 8.46. The summed E-state index contributed by atoms with van der Waals surface area (Å²) in [4.78, 5) is 23.4. The molecule has 8 nitrogen and oxygen atoms in total. The number of alkyl halides is 1. The summed E-state index contributed by atoms with van der Waals surface area (Å²) in [5.74, 6) is 1.49. The average Bonchev–Trinajstić information content (AvgIpc) is 3.77. The summed E-state index contributed by atoms with van der Waals surface area (Å²) >= 11 is 0. The van der Waals surface area contributed by atoms with Crippen molar-refractivity contribution in [3.8, 4) is 23.1 Å². The van der Waals surface area contributed by atoms with E-state index in [4.69, 9.17) is 9.15 Å². The molecule has 0 spiro atoms. The number of likely N-dealkylation sites (N-methyl/N-ethyl adjacent to an activating group) is 1. The lowest BCUT2D eigenvalue weighted by Gasteiger charge is -2.20. The van der Waals surface area contributed by atoms with Crippen LogP contribution >= 0.6 is 0 Å². The lowest BCUT2D eigenvalue weighted by atomic mass is 9.99. The molecule has 0 N–H and O–H groups in total. The van der Waals surface area contributed by atoms with Gasteiger partial charge in [0.1, 0.15) is 29.4 Å². The Morgan fingerprint density at radius 2 is 1.95 bits per heavy atom. The van der Waals surface area contributed by atoms with Crippen LogP contribution in [0.3, 0.4) is 0 Å². The number of benzene rings is 2. The number of ether oxygens (including phenoxy) is 1. The van der Waals surface area contributed by atoms with Gasteiger partial charge in [0.25, 0.3) is 5.91 Å². The first kappa shape index (κ1) is 29.1. The molecule has 1 amide bonds. The number of carbonyl (C=O) groups excluding carboxylic acids is 1. The highest BCUT2D eigenvalue weighted by molar-refractivity contribution is 5.96. The molecular formula is C33H36FN5O3. The normalized spacial score (nSPS) is 18.9. The lowest BCUT2D eigenvalue weighted by Crippen LogP contribution is -2.34. The Hall–Kier alpha value is -4.42. The maximum atomic E-state index is 13.8. The van der Waals surface area contributed by atoms with Crippen molar-refractivity contribution in [3.63, 3.8) is 0 Å². The Labute approximate surface area is 246 Å². The van der Waals surface area contributed by atoms with Crippen LogP contribution in [0.5, 0.6) is 5.75 Å². The number of carbonyl (C=O) groups is 1. The van der Waals surface area contributed by atoms with Crippen molar-refractivity contribution in [2.24, 2.45) is 4.99 Å². The van der Waals surface area contributed by atoms with Crippen molar-refractivity contribution in [2.75, 3.05) is 52.3 Å². The number of nitrogens with zero attached hydrogens (tertiary/aromatic N) is 5. The van der Waals surface area contributed by atoms with Gasteiger partial charge in [-0.25, -0.2) is 4.39 Å². The minimum atomic E-state index is -0.884. The molecular weight excluding hydrogens is 533 g/mol. The monoisotopic (exact) mass is 569 g/mol. The zero-order valence-corrected chi connectivity index (χ0v) is 24.6. The molecule has 2 aromatic carbocycles. The second kappa shape index (κ2) is 12.2. The van der Waals surface area contributed by atoms with Crippen LogP contribution in [0.4, 0.5) is 15.8 Å². The average molecular weight is 570 g/mol. The summed E-state index contributed by atoms with van der Waals surface area (Å²) in [5, 5.41) is 9.89. The van der Waals surface area contributed by atoms with Gasteiger partial charge in [-0.1, -0.05) is 12.1 Å². The fourth-order valence-corrected chi connectivity index (χ4v) is 5.82. The van der Waals surface area contributed by atoms with Gasteiger partial charge >= 0.3 is 0 Å². The molecule has 3 heterocycles. The first-order valence-corrected chi connectivity index (χ1v) is 14.1. The van der Waals surface area contributed by atoms with Gasteiger partial charge in [0.15, 0.2) is 5.76 Å². The first-order valence-electron chi connectivity index (χ1n) is 14.1. The van der Waals surface area contributed by atoms with Crippen LogP contribution in [0.25, 0.3) is 16.9 Å². The van der Waals surface area contributed by atoms with E-state index in [1.165, 1.54) is 0 Å². The number of likely N-dealkylation sites (tertiary alicyclic amines) is 1. The minimum absolute atomic E-state index is 0.0262. The molecule has 0 saturated carbocycles. The standard InChI is InChI=1S/C33H36FN5O3/c1-6-26(21-8-10-29(23(15-21)18-35)38-13-11-24(34)19-38)32-28(36-2)17-31(42-32)27-9-7-22(16-30(27)41-5)33(40)39-14-12-25(20-39)37(3)4/h6-10,15-17,24-25H,2,11-14,19-20H2,1,3-5H3/b26-6-/t24-,25-/m0/s1. The van der Waals surface area contributed by atoms with E-state index in [2.05, 4.69) is 22.7 Å². The lowest BCUT2D eigenvalue weighted by molar-refractivity contribution is 0.0782. The summed E-state index contributed by atoms with van der Waals surface area (Å²) in [5.41, 5.74) is 4.48. The molecule has 1 aromatic heterocycles. The molecule has 42 heavy (non-hydrogen) atoms. The highest BCUT2D eigenvalue weighted by Crippen LogP contribution is 2.41. The fourth-order valence-electron chi connectivity index (χ4n) is 5.82. The zero-order chi connectivity index (χ0) is 30.0. The van der Waals surface area contributed by atoms with Crippen molar-refractivity contribution in [1.29, 1.82) is 5.26 Å². The molecule has 2 aliphatic rings. The smallest absolute Gasteiger partial charge is 0.254 e. The van der Waals surface area contributed by atoms with Crippen molar-refractivity contribution in [3.05, 3.63) is 71.0 Å².